The van der Waals surface area contributed by atoms with Crippen molar-refractivity contribution < 1.29 is 37.9 Å². The summed E-state index contributed by atoms with van der Waals surface area (Å²) < 4.78 is 17.3. The fraction of sp³-hybridized carbons (Fsp3) is 0.514. The standard InChI is InChI=1S/C35H48N6O8/c1-9-24(10-2)37-31(43)26-17-25(40-41(26)19-28(42)38-29(20(5)6)34(45)47-11-3)22-14-13-15-23(16-22)33-36-18-27(49-33)32(44)39-30(21(7)8)35(46)48-12-4/h13-18,20-21,24,29-30H,9-12,19H2,1-8H3,(H,37,43)(H,38,42)(H,39,44)/t29-,30-/m0/s1. The number of oxazole rings is 1. The first-order valence-electron chi connectivity index (χ1n) is 16.7. The minimum atomic E-state index is -0.866. The Morgan fingerprint density at radius 3 is 1.96 bits per heavy atom. The number of nitrogens with zero attached hydrogens (tertiary/aromatic N) is 3. The molecule has 0 aliphatic carbocycles. The van der Waals surface area contributed by atoms with Crippen LogP contribution in [0.25, 0.3) is 22.7 Å². The van der Waals surface area contributed by atoms with Crippen LogP contribution in [0.3, 0.4) is 0 Å². The number of hydrogen-bond acceptors (Lipinski definition) is 10. The Morgan fingerprint density at radius 1 is 0.796 bits per heavy atom. The van der Waals surface area contributed by atoms with E-state index in [0.717, 1.165) is 12.8 Å². The van der Waals surface area contributed by atoms with Gasteiger partial charge in [0.25, 0.3) is 11.8 Å². The maximum absolute atomic E-state index is 13.4. The molecule has 0 unspecified atom stereocenters. The van der Waals surface area contributed by atoms with Crippen molar-refractivity contribution >= 4 is 29.7 Å². The molecule has 14 nitrogen and oxygen atoms in total. The molecule has 2 aromatic heterocycles. The van der Waals surface area contributed by atoms with E-state index in [-0.39, 0.29) is 55.0 Å². The third-order valence-electron chi connectivity index (χ3n) is 7.78. The van der Waals surface area contributed by atoms with Crippen molar-refractivity contribution in [2.75, 3.05) is 13.2 Å². The lowest BCUT2D eigenvalue weighted by molar-refractivity contribution is -0.149. The van der Waals surface area contributed by atoms with Crippen LogP contribution < -0.4 is 16.0 Å². The summed E-state index contributed by atoms with van der Waals surface area (Å²) in [7, 11) is 0. The highest BCUT2D eigenvalue weighted by Gasteiger charge is 2.29. The largest absolute Gasteiger partial charge is 0.464 e. The lowest BCUT2D eigenvalue weighted by Gasteiger charge is -2.21. The van der Waals surface area contributed by atoms with E-state index in [0.29, 0.717) is 16.8 Å². The third kappa shape index (κ3) is 10.2. The van der Waals surface area contributed by atoms with E-state index in [4.69, 9.17) is 13.9 Å². The molecule has 0 spiro atoms. The fourth-order valence-corrected chi connectivity index (χ4v) is 4.96. The van der Waals surface area contributed by atoms with Gasteiger partial charge in [0, 0.05) is 17.2 Å². The van der Waals surface area contributed by atoms with Crippen LogP contribution in [0.1, 0.15) is 89.3 Å². The van der Waals surface area contributed by atoms with E-state index in [9.17, 15) is 24.0 Å². The third-order valence-corrected chi connectivity index (χ3v) is 7.78. The molecule has 0 saturated carbocycles. The lowest BCUT2D eigenvalue weighted by atomic mass is 10.0. The van der Waals surface area contributed by atoms with E-state index >= 15 is 0 Å². The van der Waals surface area contributed by atoms with Gasteiger partial charge >= 0.3 is 11.9 Å². The Kier molecular flexibility index (Phi) is 14.1. The molecule has 14 heteroatoms. The zero-order valence-corrected chi connectivity index (χ0v) is 29.5. The van der Waals surface area contributed by atoms with Crippen LogP contribution in [-0.4, -0.2) is 75.8 Å². The first-order chi connectivity index (χ1) is 23.3. The summed E-state index contributed by atoms with van der Waals surface area (Å²) in [5.74, 6) is -3.00. The summed E-state index contributed by atoms with van der Waals surface area (Å²) in [6, 6.07) is 6.77. The lowest BCUT2D eigenvalue weighted by Crippen LogP contribution is -2.46. The molecule has 2 heterocycles. The van der Waals surface area contributed by atoms with Crippen molar-refractivity contribution in [2.24, 2.45) is 11.8 Å². The topological polar surface area (TPSA) is 184 Å². The molecule has 3 N–H and O–H groups in total. The van der Waals surface area contributed by atoms with E-state index < -0.39 is 41.7 Å². The molecule has 2 atom stereocenters. The van der Waals surface area contributed by atoms with Gasteiger partial charge in [0.15, 0.2) is 0 Å². The van der Waals surface area contributed by atoms with Crippen LogP contribution in [0.4, 0.5) is 0 Å². The maximum Gasteiger partial charge on any atom is 0.328 e. The van der Waals surface area contributed by atoms with E-state index in [1.807, 2.05) is 13.8 Å². The van der Waals surface area contributed by atoms with Gasteiger partial charge in [-0.25, -0.2) is 19.3 Å². The normalized spacial score (nSPS) is 12.5. The zero-order valence-electron chi connectivity index (χ0n) is 29.5. The molecule has 0 radical (unpaired) electrons. The Bertz CT molecular complexity index is 1610. The van der Waals surface area contributed by atoms with Gasteiger partial charge in [-0.2, -0.15) is 5.10 Å². The number of hydrogen-bond donors (Lipinski definition) is 3. The number of aromatic nitrogens is 3. The predicted molar refractivity (Wildman–Crippen MR) is 181 cm³/mol. The highest BCUT2D eigenvalue weighted by atomic mass is 16.5. The highest BCUT2D eigenvalue weighted by molar-refractivity contribution is 5.95. The number of carbonyl (C=O) groups is 5. The Hall–Kier alpha value is -5.01. The van der Waals surface area contributed by atoms with Gasteiger partial charge in [-0.15, -0.1) is 0 Å². The zero-order chi connectivity index (χ0) is 36.2. The van der Waals surface area contributed by atoms with Crippen molar-refractivity contribution in [3.8, 4) is 22.7 Å². The van der Waals surface area contributed by atoms with Crippen molar-refractivity contribution in [1.29, 1.82) is 0 Å². The van der Waals surface area contributed by atoms with Crippen LogP contribution in [0.5, 0.6) is 0 Å². The number of amides is 3. The molecule has 0 aliphatic rings. The van der Waals surface area contributed by atoms with Gasteiger partial charge in [-0.1, -0.05) is 53.7 Å². The van der Waals surface area contributed by atoms with Crippen molar-refractivity contribution in [3.05, 3.63) is 48.0 Å². The number of nitrogens with one attached hydrogen (secondary N) is 3. The van der Waals surface area contributed by atoms with Crippen molar-refractivity contribution in [1.82, 2.24) is 30.7 Å². The highest BCUT2D eigenvalue weighted by Crippen LogP contribution is 2.27. The molecule has 3 aromatic rings. The van der Waals surface area contributed by atoms with Crippen LogP contribution in [0, 0.1) is 11.8 Å². The quantitative estimate of drug-likeness (QED) is 0.175. The SMILES string of the molecule is CCOC(=O)[C@@H](NC(=O)Cn1nc(-c2cccc(-c3ncc(C(=O)N[C@H](C(=O)OCC)C(C)C)o3)c2)cc1C(=O)NC(CC)CC)C(C)C. The van der Waals surface area contributed by atoms with Crippen molar-refractivity contribution in [3.63, 3.8) is 0 Å². The molecular weight excluding hydrogens is 632 g/mol. The molecule has 266 valence electrons. The molecule has 0 saturated heterocycles. The minimum absolute atomic E-state index is 0.0740. The molecular formula is C35H48N6O8. The minimum Gasteiger partial charge on any atom is -0.464 e. The summed E-state index contributed by atoms with van der Waals surface area (Å²) in [5.41, 5.74) is 1.67. The van der Waals surface area contributed by atoms with Gasteiger partial charge in [0.2, 0.25) is 17.6 Å². The van der Waals surface area contributed by atoms with E-state index in [1.54, 1.807) is 71.9 Å². The summed E-state index contributed by atoms with van der Waals surface area (Å²) in [6.45, 7) is 14.5. The van der Waals surface area contributed by atoms with Gasteiger partial charge in [0.1, 0.15) is 24.3 Å². The van der Waals surface area contributed by atoms with E-state index in [2.05, 4.69) is 26.0 Å². The fourth-order valence-electron chi connectivity index (χ4n) is 4.96. The van der Waals surface area contributed by atoms with Gasteiger partial charge < -0.3 is 29.8 Å². The molecule has 1 aromatic carbocycles. The second-order valence-electron chi connectivity index (χ2n) is 12.2. The summed E-state index contributed by atoms with van der Waals surface area (Å²) in [4.78, 5) is 68.6. The van der Waals surface area contributed by atoms with Gasteiger partial charge in [-0.05, 0) is 56.7 Å². The Balaban J connectivity index is 1.91. The summed E-state index contributed by atoms with van der Waals surface area (Å²) in [5, 5.41) is 13.0. The molecule has 0 fully saturated rings. The van der Waals surface area contributed by atoms with Gasteiger partial charge in [0.05, 0.1) is 25.1 Å². The second-order valence-corrected chi connectivity index (χ2v) is 12.2. The maximum atomic E-state index is 13.4. The average Bonchev–Trinajstić information content (AvgIpc) is 3.73. The van der Waals surface area contributed by atoms with Crippen LogP contribution >= 0.6 is 0 Å². The molecule has 0 aliphatic heterocycles. The van der Waals surface area contributed by atoms with Crippen LogP contribution in [0.15, 0.2) is 40.9 Å². The second kappa shape index (κ2) is 17.9. The number of carbonyl (C=O) groups excluding carboxylic acids is 5. The summed E-state index contributed by atoms with van der Waals surface area (Å²) >= 11 is 0. The summed E-state index contributed by atoms with van der Waals surface area (Å²) in [6.07, 6.45) is 2.71. The molecule has 49 heavy (non-hydrogen) atoms. The number of ether oxygens (including phenoxy) is 2. The van der Waals surface area contributed by atoms with Crippen LogP contribution in [-0.2, 0) is 30.4 Å². The van der Waals surface area contributed by atoms with Crippen molar-refractivity contribution in [2.45, 2.75) is 92.9 Å². The average molecular weight is 681 g/mol. The monoisotopic (exact) mass is 680 g/mol. The number of benzene rings is 1. The molecule has 0 bridgehead atoms. The molecule has 3 rings (SSSR count). The van der Waals surface area contributed by atoms with Crippen LogP contribution in [0.2, 0.25) is 0 Å². The molecule has 3 amide bonds. The Morgan fingerprint density at radius 2 is 1.39 bits per heavy atom. The number of rotatable bonds is 17. The Labute approximate surface area is 286 Å². The number of esters is 2. The predicted octanol–water partition coefficient (Wildman–Crippen LogP) is 4.14. The first kappa shape index (κ1) is 38.4. The van der Waals surface area contributed by atoms with Gasteiger partial charge in [-0.3, -0.25) is 14.4 Å². The smallest absolute Gasteiger partial charge is 0.328 e. The first-order valence-corrected chi connectivity index (χ1v) is 16.7. The van der Waals surface area contributed by atoms with E-state index in [1.165, 1.54) is 10.9 Å².